The van der Waals surface area contributed by atoms with Crippen molar-refractivity contribution in [2.24, 2.45) is 0 Å². The fourth-order valence-corrected chi connectivity index (χ4v) is 13.7. The number of aliphatic carboxylic acids is 4. The van der Waals surface area contributed by atoms with Gasteiger partial charge in [0.2, 0.25) is 0 Å². The van der Waals surface area contributed by atoms with E-state index in [1.807, 2.05) is 60.7 Å². The van der Waals surface area contributed by atoms with Crippen LogP contribution in [0.1, 0.15) is 225 Å². The van der Waals surface area contributed by atoms with Crippen LogP contribution >= 0.6 is 0 Å². The highest BCUT2D eigenvalue weighted by Crippen LogP contribution is 2.33. The van der Waals surface area contributed by atoms with E-state index in [0.29, 0.717) is 82.6 Å². The molecule has 4 aliphatic rings. The largest absolute Gasteiger partial charge is 0.479 e. The van der Waals surface area contributed by atoms with Crippen LogP contribution in [-0.4, -0.2) is 91.9 Å². The van der Waals surface area contributed by atoms with E-state index in [0.717, 1.165) is 94.6 Å². The molecule has 18 nitrogen and oxygen atoms in total. The van der Waals surface area contributed by atoms with Crippen molar-refractivity contribution in [2.75, 3.05) is 0 Å². The summed E-state index contributed by atoms with van der Waals surface area (Å²) in [6, 6.07) is 48.7. The van der Waals surface area contributed by atoms with Gasteiger partial charge in [-0.3, -0.25) is 19.2 Å². The molecule has 594 valence electrons. The van der Waals surface area contributed by atoms with Crippen LogP contribution in [0.15, 0.2) is 244 Å². The standard InChI is InChI=1S/2C25H26O4.C23H23FO4.C22H24O6/c26-23(17-11-19-7-3-1-4-8-19)21-13-15-22(16-14-21)29-24(25(27)28)18-12-20-9-5-2-6-10-20;26-23(21-9-5-2-6-10-21)17-13-20-11-15-22(16-12-20)29-24(25(27)28)18-14-19-7-3-1-4-8-19;24-19-11-7-17(8-12-19)22(25)18-9-13-20(14-10-18)28-21(23(26)27)15-6-16-4-2-1-3-5-16;1-13-12-19(24)28-21-16(13)9-11-17(20(21)14(2)23)27-18(22(25)26)10-8-15-6-4-3-5-7-15/h1,3-4,7-9,11,13-17,24H,2,5-6,10,12,18H2,(H,27,28);2,5-7,9-13,15-17,24H,1,3-4,8,14,18H2,(H,27,28);4,7-14,21H,1-3,5-6,15H2,(H,26,27);6,9,11-12,18H,3-5,7-8,10H2,1-2H3,(H,25,26)/b17-11+;17-13+;;. The van der Waals surface area contributed by atoms with Crippen LogP contribution in [0, 0.1) is 12.7 Å². The molecule has 4 atom stereocenters. The van der Waals surface area contributed by atoms with Gasteiger partial charge in [-0.2, -0.15) is 0 Å². The molecule has 1 aromatic heterocycles. The summed E-state index contributed by atoms with van der Waals surface area (Å²) in [5.41, 5.74) is 9.38. The minimum Gasteiger partial charge on any atom is -0.479 e. The minimum absolute atomic E-state index is 0.0612. The Morgan fingerprint density at radius 1 is 0.421 bits per heavy atom. The number of halogens is 1. The number of ether oxygens (including phenoxy) is 4. The number of hydrogen-bond donors (Lipinski definition) is 4. The summed E-state index contributed by atoms with van der Waals surface area (Å²) in [7, 11) is 0. The maximum Gasteiger partial charge on any atom is 0.344 e. The lowest BCUT2D eigenvalue weighted by atomic mass is 9.95. The molecular formula is C95H99FO18. The minimum atomic E-state index is -1.09. The Kier molecular flexibility index (Phi) is 33.7. The summed E-state index contributed by atoms with van der Waals surface area (Å²) in [5.74, 6) is -3.65. The van der Waals surface area contributed by atoms with Crippen LogP contribution in [-0.2, 0) is 19.2 Å². The highest BCUT2D eigenvalue weighted by Gasteiger charge is 2.27. The van der Waals surface area contributed by atoms with Crippen molar-refractivity contribution in [3.8, 4) is 23.0 Å². The number of aryl methyl sites for hydroxylation is 1. The number of ketones is 4. The number of carboxylic acid groups (broad SMARTS) is 4. The maximum absolute atomic E-state index is 13.0. The van der Waals surface area contributed by atoms with Gasteiger partial charge in [0.1, 0.15) is 34.4 Å². The number of rotatable bonds is 33. The second-order valence-corrected chi connectivity index (χ2v) is 28.6. The second kappa shape index (κ2) is 44.8. The monoisotopic (exact) mass is 1550 g/mol. The van der Waals surface area contributed by atoms with Gasteiger partial charge in [0.15, 0.2) is 53.1 Å². The van der Waals surface area contributed by atoms with Crippen molar-refractivity contribution >= 4 is 70.1 Å². The lowest BCUT2D eigenvalue weighted by Crippen LogP contribution is -2.28. The topological polar surface area (TPSA) is 285 Å². The lowest BCUT2D eigenvalue weighted by molar-refractivity contribution is -0.146. The first-order valence-corrected chi connectivity index (χ1v) is 39.2. The molecule has 0 saturated carbocycles. The smallest absolute Gasteiger partial charge is 0.344 e. The van der Waals surface area contributed by atoms with E-state index in [1.54, 1.807) is 104 Å². The van der Waals surface area contributed by atoms with Crippen molar-refractivity contribution in [2.45, 2.75) is 192 Å². The molecule has 7 aromatic carbocycles. The molecule has 0 bridgehead atoms. The molecule has 19 heteroatoms. The predicted octanol–water partition coefficient (Wildman–Crippen LogP) is 21.0. The molecular weight excluding hydrogens is 1450 g/mol. The molecule has 0 radical (unpaired) electrons. The number of carboxylic acids is 4. The van der Waals surface area contributed by atoms with Gasteiger partial charge in [-0.1, -0.05) is 132 Å². The Balaban J connectivity index is 0.000000174. The Morgan fingerprint density at radius 3 is 1.15 bits per heavy atom. The molecule has 114 heavy (non-hydrogen) atoms. The molecule has 1 heterocycles. The molecule has 0 saturated heterocycles. The molecule has 4 unspecified atom stereocenters. The Labute approximate surface area is 664 Å². The van der Waals surface area contributed by atoms with Gasteiger partial charge in [-0.05, 0) is 294 Å². The number of benzene rings is 7. The number of allylic oxidation sites excluding steroid dienone is 10. The predicted molar refractivity (Wildman–Crippen MR) is 437 cm³/mol. The summed E-state index contributed by atoms with van der Waals surface area (Å²) < 4.78 is 41.0. The van der Waals surface area contributed by atoms with Crippen LogP contribution in [0.5, 0.6) is 23.0 Å². The number of hydrogen-bond acceptors (Lipinski definition) is 14. The quantitative estimate of drug-likeness (QED) is 0.0129. The SMILES string of the molecule is CC(=O)c1c(OC(CCC2=CCCCC2)C(=O)O)ccc2c(C)cc(=O)oc12.O=C(/C=C/c1ccc(OC(CCC2=CCCCC2)C(=O)O)cc1)c1ccccc1.O=C(/C=C/c1ccccc1)c1ccc(OC(CCC2=CCCCC2)C(=O)O)cc1.O=C(c1ccc(F)cc1)c1ccc(OC(CCC2=CCCCC2)C(=O)O)cc1. The van der Waals surface area contributed by atoms with E-state index in [2.05, 4.69) is 24.3 Å². The normalized spacial score (nSPS) is 15.0. The van der Waals surface area contributed by atoms with Crippen LogP contribution in [0.3, 0.4) is 0 Å². The van der Waals surface area contributed by atoms with Crippen LogP contribution in [0.4, 0.5) is 4.39 Å². The summed E-state index contributed by atoms with van der Waals surface area (Å²) in [4.78, 5) is 107. The molecule has 4 aliphatic carbocycles. The molecule has 4 N–H and O–H groups in total. The van der Waals surface area contributed by atoms with Crippen molar-refractivity contribution in [1.82, 2.24) is 0 Å². The summed E-state index contributed by atoms with van der Waals surface area (Å²) >= 11 is 0. The summed E-state index contributed by atoms with van der Waals surface area (Å²) in [5, 5.41) is 38.6. The maximum atomic E-state index is 13.0. The van der Waals surface area contributed by atoms with Crippen LogP contribution in [0.25, 0.3) is 23.1 Å². The van der Waals surface area contributed by atoms with E-state index in [1.165, 1.54) is 110 Å². The van der Waals surface area contributed by atoms with E-state index >= 15 is 0 Å². The fourth-order valence-electron chi connectivity index (χ4n) is 13.7. The Hall–Kier alpha value is -12.1. The average molecular weight is 1550 g/mol. The molecule has 12 rings (SSSR count). The van der Waals surface area contributed by atoms with Crippen molar-refractivity contribution < 1.29 is 86.5 Å². The Bertz CT molecular complexity index is 4840. The molecule has 8 aromatic rings. The van der Waals surface area contributed by atoms with Crippen LogP contribution in [0.2, 0.25) is 0 Å². The highest BCUT2D eigenvalue weighted by molar-refractivity contribution is 6.10. The van der Waals surface area contributed by atoms with Crippen molar-refractivity contribution in [1.29, 1.82) is 0 Å². The lowest BCUT2D eigenvalue weighted by Gasteiger charge is -2.19. The number of carbonyl (C=O) groups is 8. The van der Waals surface area contributed by atoms with Gasteiger partial charge in [-0.25, -0.2) is 28.4 Å². The van der Waals surface area contributed by atoms with E-state index in [4.69, 9.17) is 23.4 Å². The molecule has 0 amide bonds. The van der Waals surface area contributed by atoms with Gasteiger partial charge in [0, 0.05) is 33.7 Å². The first-order valence-electron chi connectivity index (χ1n) is 39.2. The highest BCUT2D eigenvalue weighted by atomic mass is 19.1. The molecule has 0 spiro atoms. The third-order valence-electron chi connectivity index (χ3n) is 20.0. The van der Waals surface area contributed by atoms with Crippen molar-refractivity contribution in [3.05, 3.63) is 295 Å². The fraction of sp³-hybridized carbons (Fsp3) is 0.316. The van der Waals surface area contributed by atoms with Crippen LogP contribution < -0.4 is 24.6 Å². The van der Waals surface area contributed by atoms with E-state index < -0.39 is 59.7 Å². The zero-order valence-corrected chi connectivity index (χ0v) is 64.5. The van der Waals surface area contributed by atoms with Gasteiger partial charge >= 0.3 is 29.5 Å². The molecule has 0 aliphatic heterocycles. The third-order valence-corrected chi connectivity index (χ3v) is 20.0. The first kappa shape index (κ1) is 85.9. The molecule has 0 fully saturated rings. The van der Waals surface area contributed by atoms with Gasteiger partial charge < -0.3 is 43.8 Å². The van der Waals surface area contributed by atoms with Gasteiger partial charge in [0.25, 0.3) is 0 Å². The van der Waals surface area contributed by atoms with Gasteiger partial charge in [-0.15, -0.1) is 0 Å². The number of fused-ring (bicyclic) bond motifs is 1. The number of carbonyl (C=O) groups excluding carboxylic acids is 4. The second-order valence-electron chi connectivity index (χ2n) is 28.6. The Morgan fingerprint density at radius 2 is 0.772 bits per heavy atom. The summed E-state index contributed by atoms with van der Waals surface area (Å²) in [6.45, 7) is 3.09. The summed E-state index contributed by atoms with van der Waals surface area (Å²) in [6.07, 6.45) is 34.1. The van der Waals surface area contributed by atoms with E-state index in [9.17, 15) is 68.0 Å². The van der Waals surface area contributed by atoms with Crippen molar-refractivity contribution in [3.63, 3.8) is 0 Å². The van der Waals surface area contributed by atoms with E-state index in [-0.39, 0.29) is 40.0 Å². The zero-order chi connectivity index (χ0) is 81.1. The number of Topliss-reactive ketones (excluding diaryl/α,β-unsaturated/α-hetero) is 1. The zero-order valence-electron chi connectivity index (χ0n) is 64.5. The first-order chi connectivity index (χ1) is 55.1. The third kappa shape index (κ3) is 28.0. The average Bonchev–Trinajstić information content (AvgIpc) is 0.763. The van der Waals surface area contributed by atoms with Gasteiger partial charge in [0.05, 0.1) is 0 Å².